The van der Waals surface area contributed by atoms with Crippen LogP contribution in [0.5, 0.6) is 0 Å². The van der Waals surface area contributed by atoms with Crippen LogP contribution in [0.3, 0.4) is 0 Å². The minimum Gasteiger partial charge on any atom is -0.744 e. The summed E-state index contributed by atoms with van der Waals surface area (Å²) in [7, 11) is -15.8. The van der Waals surface area contributed by atoms with Gasteiger partial charge in [-0.3, -0.25) is 14.1 Å². The Morgan fingerprint density at radius 2 is 1.27 bits per heavy atom. The van der Waals surface area contributed by atoms with E-state index in [0.717, 1.165) is 36.4 Å². The van der Waals surface area contributed by atoms with Crippen LogP contribution in [0.15, 0.2) is 57.2 Å². The van der Waals surface area contributed by atoms with Gasteiger partial charge in [-0.25, -0.2) is 16.8 Å². The monoisotopic (exact) mass is 783 g/mol. The van der Waals surface area contributed by atoms with E-state index in [2.05, 4.69) is 25.6 Å². The van der Waals surface area contributed by atoms with E-state index in [0.29, 0.717) is 6.07 Å². The van der Waals surface area contributed by atoms with Crippen molar-refractivity contribution in [2.45, 2.75) is 14.7 Å². The van der Waals surface area contributed by atoms with Crippen molar-refractivity contribution >= 4 is 93.8 Å². The maximum absolute atomic E-state index is 13.7. The predicted octanol–water partition coefficient (Wildman–Crippen LogP) is -6.91. The summed E-state index contributed by atoms with van der Waals surface area (Å²) in [4.78, 5) is 35.1. The van der Waals surface area contributed by atoms with Crippen molar-refractivity contribution in [3.05, 3.63) is 75.3 Å². The topological polar surface area (TPSA) is 292 Å². The van der Waals surface area contributed by atoms with Gasteiger partial charge >= 0.3 is 88.7 Å². The fourth-order valence-electron chi connectivity index (χ4n) is 4.45. The molecule has 0 saturated heterocycles. The van der Waals surface area contributed by atoms with Gasteiger partial charge < -0.3 is 25.5 Å². The summed E-state index contributed by atoms with van der Waals surface area (Å²) in [6.07, 6.45) is 0. The van der Waals surface area contributed by atoms with Crippen LogP contribution in [0.2, 0.25) is 10.6 Å². The fourth-order valence-corrected chi connectivity index (χ4v) is 6.82. The van der Waals surface area contributed by atoms with Gasteiger partial charge in [0.25, 0.3) is 10.1 Å². The van der Waals surface area contributed by atoms with E-state index in [9.17, 15) is 48.5 Å². The number of carbonyl (C=O) groups is 2. The molecule has 4 aromatic rings. The molecular weight excluding hydrogens is 772 g/mol. The van der Waals surface area contributed by atoms with Crippen LogP contribution in [-0.4, -0.2) is 65.4 Å². The van der Waals surface area contributed by atoms with Crippen molar-refractivity contribution in [2.24, 2.45) is 0 Å². The molecule has 0 amide bonds. The number of rotatable bonds is 7. The van der Waals surface area contributed by atoms with Crippen molar-refractivity contribution in [2.75, 3.05) is 16.4 Å². The van der Waals surface area contributed by atoms with Gasteiger partial charge in [-0.2, -0.15) is 23.4 Å². The minimum absolute atomic E-state index is 0. The Hall–Kier alpha value is -1.28. The third kappa shape index (κ3) is 8.60. The van der Waals surface area contributed by atoms with Crippen molar-refractivity contribution < 1.29 is 137 Å². The van der Waals surface area contributed by atoms with Gasteiger partial charge in [0.05, 0.1) is 43.5 Å². The second-order valence-corrected chi connectivity index (χ2v) is 13.7. The molecule has 1 aliphatic rings. The molecular formula is C23H12Cl2N6Na3O11S3+. The number of nitrogen functional groups attached to an aromatic ring is 1. The zero-order valence-corrected chi connectivity index (χ0v) is 34.4. The first kappa shape index (κ1) is 42.9. The molecule has 1 aromatic heterocycles. The van der Waals surface area contributed by atoms with Crippen LogP contribution >= 0.6 is 23.2 Å². The molecule has 0 atom stereocenters. The van der Waals surface area contributed by atoms with Crippen molar-refractivity contribution in [3.8, 4) is 0 Å². The number of fused-ring (bicyclic) bond motifs is 2. The number of carbonyl (C=O) groups excluding carboxylic acids is 2. The quantitative estimate of drug-likeness (QED) is 0.0677. The first-order chi connectivity index (χ1) is 20.8. The largest absolute Gasteiger partial charge is 1.00 e. The summed E-state index contributed by atoms with van der Waals surface area (Å²) >= 11 is 11.4. The molecule has 5 rings (SSSR count). The van der Waals surface area contributed by atoms with Crippen LogP contribution in [0.4, 0.5) is 28.7 Å². The second-order valence-electron chi connectivity index (χ2n) is 8.96. The number of nitrogens with two attached hydrogens (primary N) is 1. The Labute approximate surface area is 347 Å². The first-order valence-corrected chi connectivity index (χ1v) is 16.6. The number of benzene rings is 3. The Bertz CT molecular complexity index is 2330. The smallest absolute Gasteiger partial charge is 0.744 e. The van der Waals surface area contributed by atoms with Gasteiger partial charge in [-0.1, -0.05) is 12.1 Å². The zero-order valence-electron chi connectivity index (χ0n) is 24.5. The molecule has 0 unspecified atom stereocenters. The number of nitrogens with zero attached hydrogens (tertiary/aromatic N) is 3. The van der Waals surface area contributed by atoms with E-state index in [1.54, 1.807) is 0 Å². The van der Waals surface area contributed by atoms with Crippen LogP contribution in [0.25, 0.3) is 0 Å². The molecule has 48 heavy (non-hydrogen) atoms. The Morgan fingerprint density at radius 3 is 1.81 bits per heavy atom. The Morgan fingerprint density at radius 1 is 0.688 bits per heavy atom. The van der Waals surface area contributed by atoms with E-state index in [1.165, 1.54) is 0 Å². The van der Waals surface area contributed by atoms with Crippen molar-refractivity contribution in [3.63, 3.8) is 0 Å². The number of anilines is 5. The average Bonchev–Trinajstić information content (AvgIpc) is 2.90. The summed E-state index contributed by atoms with van der Waals surface area (Å²) in [5.41, 5.74) is 0.689. The van der Waals surface area contributed by atoms with Gasteiger partial charge in [0.1, 0.15) is 25.1 Å². The molecule has 0 radical (unpaired) electrons. The van der Waals surface area contributed by atoms with E-state index in [1.807, 2.05) is 0 Å². The van der Waals surface area contributed by atoms with Crippen LogP contribution in [0, 0.1) is 0 Å². The summed E-state index contributed by atoms with van der Waals surface area (Å²) in [5, 5.41) is 4.22. The molecule has 1 aliphatic carbocycles. The van der Waals surface area contributed by atoms with Crippen molar-refractivity contribution in [1.29, 1.82) is 0 Å². The van der Waals surface area contributed by atoms with Crippen LogP contribution in [-0.2, 0) is 30.4 Å². The summed E-state index contributed by atoms with van der Waals surface area (Å²) in [6, 6.07) is 6.30. The maximum atomic E-state index is 13.7. The van der Waals surface area contributed by atoms with Crippen molar-refractivity contribution in [1.82, 2.24) is 15.0 Å². The number of ketones is 2. The fraction of sp³-hybridized carbons (Fsp3) is 0. The molecule has 234 valence electrons. The number of halogens is 2. The van der Waals surface area contributed by atoms with E-state index in [-0.39, 0.29) is 117 Å². The third-order valence-electron chi connectivity index (χ3n) is 6.19. The van der Waals surface area contributed by atoms with Gasteiger partial charge in [0.2, 0.25) is 16.5 Å². The van der Waals surface area contributed by atoms with Gasteiger partial charge in [-0.05, 0) is 53.5 Å². The minimum atomic E-state index is -5.42. The molecule has 0 fully saturated rings. The normalized spacial score (nSPS) is 12.4. The molecule has 0 aliphatic heterocycles. The Kier molecular flexibility index (Phi) is 13.9. The summed E-state index contributed by atoms with van der Waals surface area (Å²) in [6.45, 7) is 0. The van der Waals surface area contributed by atoms with Gasteiger partial charge in [0, 0.05) is 11.3 Å². The zero-order chi connectivity index (χ0) is 33.2. The first-order valence-electron chi connectivity index (χ1n) is 11.6. The number of hydrogen-bond acceptors (Lipinski definition) is 16. The number of nitrogens with one attached hydrogen (secondary N) is 2. The molecule has 1 heterocycles. The molecule has 17 nitrogen and oxygen atoms in total. The number of hydrogen-bond donors (Lipinski definition) is 4. The van der Waals surface area contributed by atoms with E-state index < -0.39 is 90.2 Å². The van der Waals surface area contributed by atoms with E-state index in [4.69, 9.17) is 28.9 Å². The molecule has 25 heteroatoms. The molecule has 5 N–H and O–H groups in total. The third-order valence-corrected chi connectivity index (χ3v) is 9.17. The predicted molar refractivity (Wildman–Crippen MR) is 153 cm³/mol. The maximum Gasteiger partial charge on any atom is 1.00 e. The van der Waals surface area contributed by atoms with Gasteiger partial charge in [0.15, 0.2) is 11.6 Å². The second kappa shape index (κ2) is 15.5. The average molecular weight is 784 g/mol. The summed E-state index contributed by atoms with van der Waals surface area (Å²) < 4.78 is 106. The van der Waals surface area contributed by atoms with Crippen LogP contribution in [0.1, 0.15) is 31.8 Å². The SMILES string of the molecule is Nc1c(S(=O)(=O)[O-])cc(Nc2ccc(Nc3nc(Cl)nc(Cl)n3)c(S(=O)(=O)O)c2)c2c1C(=O)c1cccc(S(=O)(=O)[O-])c1C2=O.[Na+].[Na+].[Na+]. The standard InChI is InChI=1S/C23H14Cl2N6O11S3.3Na/c24-21-29-22(25)31-23(30-21)28-10-5-4-8(6-13(10)44(37,38)39)27-11-7-14(45(40,41)42)18(26)17-16(11)20(33)15-9(19(17)32)2-1-3-12(15)43(34,35)36;;;/h1-7,27H,26H2,(H,34,35,36)(H,37,38,39)(H,40,41,42)(H,28,29,30,31);;;/q;3*+1/p-2. The van der Waals surface area contributed by atoms with Crippen LogP contribution < -0.4 is 105 Å². The molecule has 0 spiro atoms. The molecule has 0 bridgehead atoms. The summed E-state index contributed by atoms with van der Waals surface area (Å²) in [5.74, 6) is -2.80. The number of aromatic nitrogens is 3. The molecule has 3 aromatic carbocycles. The Balaban J connectivity index is 0.00000267. The molecule has 0 saturated carbocycles. The van der Waals surface area contributed by atoms with Gasteiger partial charge in [-0.15, -0.1) is 0 Å². The van der Waals surface area contributed by atoms with E-state index >= 15 is 0 Å².